The van der Waals surface area contributed by atoms with Crippen molar-refractivity contribution in [3.05, 3.63) is 52.0 Å². The summed E-state index contributed by atoms with van der Waals surface area (Å²) in [6.07, 6.45) is 0. The Bertz CT molecular complexity index is 708. The van der Waals surface area contributed by atoms with Crippen LogP contribution in [0.25, 0.3) is 0 Å². The Kier molecular flexibility index (Phi) is 4.63. The van der Waals surface area contributed by atoms with Crippen molar-refractivity contribution >= 4 is 34.3 Å². The lowest BCUT2D eigenvalue weighted by Crippen LogP contribution is -1.95. The lowest BCUT2D eigenvalue weighted by atomic mass is 10.2. The highest BCUT2D eigenvalue weighted by Crippen LogP contribution is 2.31. The van der Waals surface area contributed by atoms with Crippen molar-refractivity contribution in [1.82, 2.24) is 0 Å². The second kappa shape index (κ2) is 6.25. The predicted molar refractivity (Wildman–Crippen MR) is 74.9 cm³/mol. The summed E-state index contributed by atoms with van der Waals surface area (Å²) in [5, 5.41) is 9.50. The molecule has 2 aromatic carbocycles. The molecule has 7 heteroatoms. The van der Waals surface area contributed by atoms with Gasteiger partial charge >= 0.3 is 0 Å². The summed E-state index contributed by atoms with van der Waals surface area (Å²) in [6.45, 7) is 0. The minimum atomic E-state index is -2.53. The molecule has 1 unspecified atom stereocenters. The third-order valence-electron chi connectivity index (χ3n) is 2.32. The molecule has 102 valence electrons. The fraction of sp³-hybridized carbons (Fsp3) is 0. The van der Waals surface area contributed by atoms with Crippen molar-refractivity contribution in [1.29, 1.82) is 5.26 Å². The molecular weight excluding hydrogens is 321 g/mol. The summed E-state index contributed by atoms with van der Waals surface area (Å²) in [4.78, 5) is -0.111. The van der Waals surface area contributed by atoms with Gasteiger partial charge in [-0.3, -0.25) is 4.21 Å². The Labute approximate surface area is 127 Å². The van der Waals surface area contributed by atoms with E-state index in [9.17, 15) is 8.76 Å². The van der Waals surface area contributed by atoms with E-state index >= 15 is 0 Å². The average Bonchev–Trinajstić information content (AvgIpc) is 2.37. The molecule has 0 saturated carbocycles. The van der Waals surface area contributed by atoms with Gasteiger partial charge in [-0.1, -0.05) is 23.2 Å². The van der Waals surface area contributed by atoms with Gasteiger partial charge in [0.15, 0.2) is 0 Å². The molecule has 0 heterocycles. The fourth-order valence-electron chi connectivity index (χ4n) is 1.51. The van der Waals surface area contributed by atoms with E-state index in [1.807, 2.05) is 6.07 Å². The zero-order valence-electron chi connectivity index (χ0n) is 9.80. The van der Waals surface area contributed by atoms with Crippen LogP contribution in [-0.4, -0.2) is 8.76 Å². The molecule has 0 amide bonds. The topological polar surface area (TPSA) is 73.1 Å². The summed E-state index contributed by atoms with van der Waals surface area (Å²) in [7, 11) is 0. The van der Waals surface area contributed by atoms with E-state index < -0.39 is 11.1 Å². The summed E-state index contributed by atoms with van der Waals surface area (Å²) < 4.78 is 27.8. The molecule has 0 aliphatic heterocycles. The number of ether oxygens (including phenoxy) is 1. The minimum Gasteiger partial charge on any atom is -0.768 e. The average molecular weight is 327 g/mol. The smallest absolute Gasteiger partial charge is 0.142 e. The Morgan fingerprint density at radius 1 is 1.15 bits per heavy atom. The molecule has 0 radical (unpaired) electrons. The van der Waals surface area contributed by atoms with E-state index in [0.717, 1.165) is 0 Å². The van der Waals surface area contributed by atoms with Crippen molar-refractivity contribution < 1.29 is 13.5 Å². The van der Waals surface area contributed by atoms with Crippen LogP contribution in [0.3, 0.4) is 0 Å². The molecular formula is C13H6Cl2NO3S-. The zero-order valence-corrected chi connectivity index (χ0v) is 12.1. The molecule has 20 heavy (non-hydrogen) atoms. The Morgan fingerprint density at radius 3 is 2.35 bits per heavy atom. The molecule has 0 aromatic heterocycles. The first-order chi connectivity index (χ1) is 9.49. The van der Waals surface area contributed by atoms with E-state index in [-0.39, 0.29) is 16.2 Å². The molecule has 4 nitrogen and oxygen atoms in total. The maximum atomic E-state index is 11.2. The Balaban J connectivity index is 2.43. The normalized spacial score (nSPS) is 11.7. The maximum absolute atomic E-state index is 11.2. The molecule has 0 aliphatic rings. The first-order valence-corrected chi connectivity index (χ1v) is 7.10. The van der Waals surface area contributed by atoms with Gasteiger partial charge in [-0.05, 0) is 47.5 Å². The number of rotatable bonds is 3. The van der Waals surface area contributed by atoms with Crippen LogP contribution in [0.15, 0.2) is 41.3 Å². The summed E-state index contributed by atoms with van der Waals surface area (Å²) in [6, 6.07) is 10.5. The van der Waals surface area contributed by atoms with Crippen molar-refractivity contribution in [3.63, 3.8) is 0 Å². The number of nitrogens with zero attached hydrogens (tertiary/aromatic N) is 1. The molecule has 0 bridgehead atoms. The van der Waals surface area contributed by atoms with Gasteiger partial charge in [-0.2, -0.15) is 5.26 Å². The monoisotopic (exact) mass is 326 g/mol. The lowest BCUT2D eigenvalue weighted by Gasteiger charge is -2.13. The highest BCUT2D eigenvalue weighted by molar-refractivity contribution is 7.79. The zero-order chi connectivity index (χ0) is 14.7. The first-order valence-electron chi connectivity index (χ1n) is 5.27. The highest BCUT2D eigenvalue weighted by atomic mass is 35.5. The molecule has 0 fully saturated rings. The van der Waals surface area contributed by atoms with Crippen LogP contribution in [-0.2, 0) is 11.1 Å². The van der Waals surface area contributed by atoms with Crippen LogP contribution >= 0.6 is 23.2 Å². The van der Waals surface area contributed by atoms with Crippen LogP contribution in [0, 0.1) is 11.3 Å². The van der Waals surface area contributed by atoms with Crippen molar-refractivity contribution in [2.75, 3.05) is 0 Å². The molecule has 0 N–H and O–H groups in total. The Morgan fingerprint density at radius 2 is 1.80 bits per heavy atom. The van der Waals surface area contributed by atoms with Gasteiger partial charge in [0.05, 0.1) is 16.5 Å². The van der Waals surface area contributed by atoms with E-state index in [0.29, 0.717) is 15.8 Å². The van der Waals surface area contributed by atoms with Gasteiger partial charge < -0.3 is 9.29 Å². The maximum Gasteiger partial charge on any atom is 0.142 e. The second-order valence-corrected chi connectivity index (χ2v) is 5.50. The summed E-state index contributed by atoms with van der Waals surface area (Å²) >= 11 is 9.15. The highest BCUT2D eigenvalue weighted by Gasteiger charge is 2.08. The number of hydrogen-bond acceptors (Lipinski definition) is 4. The fourth-order valence-corrected chi connectivity index (χ4v) is 2.51. The summed E-state index contributed by atoms with van der Waals surface area (Å²) in [5.74, 6) is 0.398. The van der Waals surface area contributed by atoms with Gasteiger partial charge in [0.2, 0.25) is 0 Å². The standard InChI is InChI=1S/C13H7Cl2NO3S/c14-9-4-10(15)6-11(5-9)19-12-2-1-8(7-16)3-13(12)20(17)18/h1-6H,(H,17,18)/p-1. The van der Waals surface area contributed by atoms with Crippen molar-refractivity contribution in [2.24, 2.45) is 0 Å². The van der Waals surface area contributed by atoms with E-state index in [1.165, 1.54) is 36.4 Å². The number of halogens is 2. The molecule has 1 atom stereocenters. The SMILES string of the molecule is N#Cc1ccc(Oc2cc(Cl)cc(Cl)c2)c(S(=O)[O-])c1. The van der Waals surface area contributed by atoms with E-state index in [4.69, 9.17) is 33.2 Å². The largest absolute Gasteiger partial charge is 0.768 e. The number of nitriles is 1. The van der Waals surface area contributed by atoms with Gasteiger partial charge in [-0.15, -0.1) is 0 Å². The lowest BCUT2D eigenvalue weighted by molar-refractivity contribution is 0.463. The number of benzene rings is 2. The first kappa shape index (κ1) is 14.8. The van der Waals surface area contributed by atoms with Gasteiger partial charge in [-0.25, -0.2) is 0 Å². The van der Waals surface area contributed by atoms with Crippen molar-refractivity contribution in [3.8, 4) is 17.6 Å². The molecule has 0 saturated heterocycles. The van der Waals surface area contributed by atoms with Crippen LogP contribution in [0.2, 0.25) is 10.0 Å². The van der Waals surface area contributed by atoms with Crippen LogP contribution in [0.5, 0.6) is 11.5 Å². The van der Waals surface area contributed by atoms with Gasteiger partial charge in [0.1, 0.15) is 11.5 Å². The van der Waals surface area contributed by atoms with E-state index in [2.05, 4.69) is 0 Å². The Hall–Kier alpha value is -1.58. The van der Waals surface area contributed by atoms with E-state index in [1.54, 1.807) is 0 Å². The van der Waals surface area contributed by atoms with Gasteiger partial charge in [0.25, 0.3) is 0 Å². The third-order valence-corrected chi connectivity index (χ3v) is 3.43. The van der Waals surface area contributed by atoms with Crippen molar-refractivity contribution in [2.45, 2.75) is 4.90 Å². The number of hydrogen-bond donors (Lipinski definition) is 0. The second-order valence-electron chi connectivity index (χ2n) is 3.72. The quantitative estimate of drug-likeness (QED) is 0.802. The van der Waals surface area contributed by atoms with Gasteiger partial charge in [0, 0.05) is 10.0 Å². The van der Waals surface area contributed by atoms with Crippen LogP contribution in [0.4, 0.5) is 0 Å². The predicted octanol–water partition coefficient (Wildman–Crippen LogP) is 3.90. The molecule has 0 aliphatic carbocycles. The third kappa shape index (κ3) is 3.50. The molecule has 2 rings (SSSR count). The van der Waals surface area contributed by atoms with Crippen LogP contribution in [0.1, 0.15) is 5.56 Å². The molecule has 0 spiro atoms. The minimum absolute atomic E-state index is 0.0932. The van der Waals surface area contributed by atoms with Crippen LogP contribution < -0.4 is 4.74 Å². The summed E-state index contributed by atoms with van der Waals surface area (Å²) in [5.41, 5.74) is 0.223. The molecule has 2 aromatic rings.